The molecule has 0 saturated carbocycles. The van der Waals surface area contributed by atoms with Crippen LogP contribution >= 0.6 is 47.8 Å². The van der Waals surface area contributed by atoms with Crippen molar-refractivity contribution in [1.29, 1.82) is 0 Å². The second kappa shape index (κ2) is 14.5. The van der Waals surface area contributed by atoms with Crippen LogP contribution < -0.4 is 16.6 Å². The summed E-state index contributed by atoms with van der Waals surface area (Å²) in [5.41, 5.74) is -1.04. The van der Waals surface area contributed by atoms with Crippen molar-refractivity contribution in [3.63, 3.8) is 0 Å². The van der Waals surface area contributed by atoms with Gasteiger partial charge in [-0.15, -0.1) is 0 Å². The monoisotopic (exact) mass is 874 g/mol. The van der Waals surface area contributed by atoms with E-state index < -0.39 is 44.4 Å². The summed E-state index contributed by atoms with van der Waals surface area (Å²) >= 11 is 9.55. The molecule has 0 aliphatic rings. The van der Waals surface area contributed by atoms with Gasteiger partial charge >= 0.3 is 11.7 Å². The number of aromatic nitrogens is 2. The average molecular weight is 877 g/mol. The van der Waals surface area contributed by atoms with Gasteiger partial charge in [0.25, 0.3) is 5.56 Å². The molecule has 1 rings (SSSR count). The van der Waals surface area contributed by atoms with Crippen LogP contribution in [0.4, 0.5) is 0 Å². The Labute approximate surface area is 199 Å². The molecule has 0 fully saturated rings. The Balaban J connectivity index is 0. The number of carbonyl (C=O) groups excluding carboxylic acids is 3. The maximum absolute atomic E-state index is 12.6. The number of hydrogen-bond acceptors (Lipinski definition) is 6. The number of esters is 1. The van der Waals surface area contributed by atoms with Crippen LogP contribution in [0, 0.1) is 6.92 Å². The molecular weight excluding hydrogens is 853 g/mol. The summed E-state index contributed by atoms with van der Waals surface area (Å²) in [6.07, 6.45) is 2.77. The molecule has 0 bridgehead atoms. The predicted molar refractivity (Wildman–Crippen MR) is 123 cm³/mol. The number of H-pyrrole nitrogens is 1. The summed E-state index contributed by atoms with van der Waals surface area (Å²) in [5, 5.41) is 2.36. The van der Waals surface area contributed by atoms with Gasteiger partial charge in [-0.25, -0.2) is 4.79 Å². The smallest absolute Gasteiger partial charge is 0.328 e. The number of carbonyl (C=O) groups is 2. The van der Waals surface area contributed by atoms with Crippen molar-refractivity contribution in [2.75, 3.05) is 19.7 Å². The van der Waals surface area contributed by atoms with Gasteiger partial charge in [-0.2, -0.15) is 6.41 Å². The van der Waals surface area contributed by atoms with Gasteiger partial charge in [0.1, 0.15) is 19.7 Å². The van der Waals surface area contributed by atoms with E-state index in [-0.39, 0.29) is 18.7 Å². The molecule has 0 aromatic carbocycles. The summed E-state index contributed by atoms with van der Waals surface area (Å²) in [6, 6.07) is -0.495. The molecule has 14 heteroatoms. The van der Waals surface area contributed by atoms with Crippen LogP contribution in [0.15, 0.2) is 15.8 Å². The first-order valence-electron chi connectivity index (χ1n) is 8.86. The molecule has 0 aliphatic heterocycles. The zero-order valence-corrected chi connectivity index (χ0v) is 24.4. The van der Waals surface area contributed by atoms with E-state index in [1.54, 1.807) is 6.92 Å². The molecule has 1 heterocycles. The number of nitrogens with one attached hydrogen (secondary N) is 2. The van der Waals surface area contributed by atoms with Crippen LogP contribution in [0.2, 0.25) is 0 Å². The van der Waals surface area contributed by atoms with Crippen molar-refractivity contribution in [2.45, 2.75) is 42.4 Å². The standard InChI is InChI=1S/C15H18Br3N4O6.C2H6.Fm/c1-9-3-22(14(27)20-13(9)26)5-11(24)21(4-10(2)19-8-23)6-12(25)28-7-15(16,17)18;1-2;/h3,10H,4-7H2,1-2H3,(H,19,23)(H,20,26,27);1-2H3;/q-1;;. The van der Waals surface area contributed by atoms with Gasteiger partial charge < -0.3 is 19.7 Å². The first kappa shape index (κ1) is 30.7. The maximum Gasteiger partial charge on any atom is 0.328 e. The van der Waals surface area contributed by atoms with Gasteiger partial charge in [0, 0.05) is 24.3 Å². The Kier molecular flexibility index (Phi) is 14.4. The second-order valence-corrected chi connectivity index (χ2v) is 13.2. The van der Waals surface area contributed by atoms with Gasteiger partial charge in [-0.1, -0.05) is 61.6 Å². The van der Waals surface area contributed by atoms with Crippen molar-refractivity contribution in [3.05, 3.63) is 32.6 Å². The van der Waals surface area contributed by atoms with E-state index in [2.05, 4.69) is 58.1 Å². The molecule has 1 aromatic rings. The number of halogens is 3. The molecule has 182 valence electrons. The van der Waals surface area contributed by atoms with Gasteiger partial charge in [0.05, 0.1) is 0 Å². The van der Waals surface area contributed by atoms with Crippen LogP contribution in [0.3, 0.4) is 0 Å². The third-order valence-electron chi connectivity index (χ3n) is 3.36. The summed E-state index contributed by atoms with van der Waals surface area (Å²) in [4.78, 5) is 61.8. The number of rotatable bonds is 9. The van der Waals surface area contributed by atoms with Gasteiger partial charge in [0.2, 0.25) is 5.91 Å². The number of nitrogens with zero attached hydrogens (tertiary/aromatic N) is 2. The minimum absolute atomic E-state index is 0. The molecule has 0 saturated heterocycles. The SMILES string of the molecule is CC.Cc1cn(CC(=O)N(CC(=O)OCC(Br)(Br)Br)CC(C)N[C-]=O)c(=O)[nH]c1=O.[Fm]. The Hall–Kier alpha value is -2.47. The number of aryl methyl sites for hydroxylation is 1. The Bertz CT molecular complexity index is 840. The van der Waals surface area contributed by atoms with E-state index in [4.69, 9.17) is 4.74 Å². The maximum atomic E-state index is 12.6. The average Bonchev–Trinajstić information content (AvgIpc) is 2.65. The quantitative estimate of drug-likeness (QED) is 0.166. The molecule has 1 unspecified atom stereocenters. The molecule has 1 aromatic heterocycles. The number of aromatic amines is 1. The van der Waals surface area contributed by atoms with Crippen molar-refractivity contribution in [3.8, 4) is 0 Å². The van der Waals surface area contributed by atoms with Crippen LogP contribution in [0.1, 0.15) is 26.3 Å². The summed E-state index contributed by atoms with van der Waals surface area (Å²) < 4.78 is 5.29. The molecule has 31 heavy (non-hydrogen) atoms. The van der Waals surface area contributed by atoms with E-state index in [1.807, 2.05) is 13.8 Å². The van der Waals surface area contributed by atoms with Crippen molar-refractivity contribution >= 4 is 66.1 Å². The van der Waals surface area contributed by atoms with Crippen molar-refractivity contribution < 1.29 is 19.1 Å². The molecule has 0 spiro atoms. The molecule has 0 radical (unpaired) electrons. The summed E-state index contributed by atoms with van der Waals surface area (Å²) in [7, 11) is 0. The Morgan fingerprint density at radius 2 is 1.90 bits per heavy atom. The third-order valence-corrected chi connectivity index (χ3v) is 4.05. The van der Waals surface area contributed by atoms with Gasteiger partial charge in [-0.05, 0) is 13.8 Å². The topological polar surface area (TPSA) is 131 Å². The number of amides is 2. The third kappa shape index (κ3) is 12.1. The van der Waals surface area contributed by atoms with E-state index in [0.717, 1.165) is 9.47 Å². The van der Waals surface area contributed by atoms with Crippen LogP contribution in [0.25, 0.3) is 0 Å². The Morgan fingerprint density at radius 3 is 2.42 bits per heavy atom. The first-order valence-corrected chi connectivity index (χ1v) is 11.2. The fraction of sp³-hybridized carbons (Fsp3) is 0.588. The zero-order valence-electron chi connectivity index (χ0n) is 17.2. The normalized spacial score (nSPS) is 11.2. The summed E-state index contributed by atoms with van der Waals surface area (Å²) in [6.45, 7) is 6.23. The largest absolute Gasteiger partial charge is 0.526 e. The van der Waals surface area contributed by atoms with Crippen molar-refractivity contribution in [1.82, 2.24) is 19.8 Å². The second-order valence-electron chi connectivity index (χ2n) is 5.90. The molecular formula is C17H24Br3FmN4O6-. The Morgan fingerprint density at radius 1 is 1.32 bits per heavy atom. The van der Waals surface area contributed by atoms with Gasteiger partial charge in [0.15, 0.2) is 2.14 Å². The van der Waals surface area contributed by atoms with E-state index >= 15 is 0 Å². The molecule has 1 atom stereocenters. The molecule has 0 aliphatic carbocycles. The number of hydrogen-bond donors (Lipinski definition) is 2. The minimum atomic E-state index is -0.792. The minimum Gasteiger partial charge on any atom is -0.526 e. The molecule has 2 amide bonds. The fourth-order valence-corrected chi connectivity index (χ4v) is 2.42. The van der Waals surface area contributed by atoms with Crippen LogP contribution in [-0.4, -0.2) is 60.6 Å². The van der Waals surface area contributed by atoms with Crippen LogP contribution in [0.5, 0.6) is 0 Å². The molecule has 10 nitrogen and oxygen atoms in total. The molecule has 2 N–H and O–H groups in total. The van der Waals surface area contributed by atoms with E-state index in [9.17, 15) is 24.0 Å². The predicted octanol–water partition coefficient (Wildman–Crippen LogP) is 1.13. The van der Waals surface area contributed by atoms with Crippen molar-refractivity contribution in [2.24, 2.45) is 0 Å². The number of alkyl halides is 3. The summed E-state index contributed by atoms with van der Waals surface area (Å²) in [5.74, 6) is -1.27. The number of ether oxygens (including phenoxy) is 1. The zero-order chi connectivity index (χ0) is 23.5. The van der Waals surface area contributed by atoms with E-state index in [0.29, 0.717) is 0 Å². The fourth-order valence-electron chi connectivity index (χ4n) is 2.08. The van der Waals surface area contributed by atoms with E-state index in [1.165, 1.54) is 19.5 Å². The van der Waals surface area contributed by atoms with Gasteiger partial charge in [-0.3, -0.25) is 23.9 Å². The van der Waals surface area contributed by atoms with Crippen LogP contribution in [-0.2, 0) is 25.7 Å². The first-order chi connectivity index (χ1) is 13.9.